The Morgan fingerprint density at radius 3 is 3.18 bits per heavy atom. The highest BCUT2D eigenvalue weighted by Gasteiger charge is 2.14. The predicted octanol–water partition coefficient (Wildman–Crippen LogP) is 1.59. The van der Waals surface area contributed by atoms with E-state index in [2.05, 4.69) is 0 Å². The van der Waals surface area contributed by atoms with E-state index in [1.807, 2.05) is 6.08 Å². The number of hydrogen-bond donors (Lipinski definition) is 0. The molecule has 1 aliphatic heterocycles. The SMILES string of the molecule is CCC(=O)OC1CCC=CO1. The van der Waals surface area contributed by atoms with Gasteiger partial charge in [0.2, 0.25) is 6.29 Å². The second kappa shape index (κ2) is 4.01. The van der Waals surface area contributed by atoms with Gasteiger partial charge in [-0.1, -0.05) is 6.92 Å². The van der Waals surface area contributed by atoms with Crippen molar-refractivity contribution in [1.29, 1.82) is 0 Å². The summed E-state index contributed by atoms with van der Waals surface area (Å²) in [5, 5.41) is 0. The fourth-order valence-corrected chi connectivity index (χ4v) is 0.828. The number of carbonyl (C=O) groups excluding carboxylic acids is 1. The van der Waals surface area contributed by atoms with Gasteiger partial charge < -0.3 is 9.47 Å². The molecule has 0 aromatic heterocycles. The Morgan fingerprint density at radius 2 is 2.64 bits per heavy atom. The molecule has 0 N–H and O–H groups in total. The minimum atomic E-state index is -0.354. The Morgan fingerprint density at radius 1 is 1.82 bits per heavy atom. The van der Waals surface area contributed by atoms with Crippen LogP contribution in [0.3, 0.4) is 0 Å². The molecule has 0 saturated carbocycles. The van der Waals surface area contributed by atoms with Crippen LogP contribution in [0, 0.1) is 0 Å². The van der Waals surface area contributed by atoms with Gasteiger partial charge in [-0.25, -0.2) is 0 Å². The highest BCUT2D eigenvalue weighted by atomic mass is 16.7. The van der Waals surface area contributed by atoms with Gasteiger partial charge in [0.25, 0.3) is 0 Å². The molecule has 0 bridgehead atoms. The van der Waals surface area contributed by atoms with Crippen molar-refractivity contribution in [2.45, 2.75) is 32.5 Å². The van der Waals surface area contributed by atoms with Crippen molar-refractivity contribution >= 4 is 5.97 Å². The minimum Gasteiger partial charge on any atom is -0.463 e. The average molecular weight is 156 g/mol. The predicted molar refractivity (Wildman–Crippen MR) is 39.6 cm³/mol. The van der Waals surface area contributed by atoms with E-state index in [4.69, 9.17) is 9.47 Å². The summed E-state index contributed by atoms with van der Waals surface area (Å²) < 4.78 is 9.95. The van der Waals surface area contributed by atoms with Crippen molar-refractivity contribution in [3.8, 4) is 0 Å². The van der Waals surface area contributed by atoms with Crippen molar-refractivity contribution in [2.75, 3.05) is 0 Å². The largest absolute Gasteiger partial charge is 0.463 e. The summed E-state index contributed by atoms with van der Waals surface area (Å²) in [7, 11) is 0. The standard InChI is InChI=1S/C8H12O3/c1-2-7(9)11-8-5-3-4-6-10-8/h4,6,8H,2-3,5H2,1H3. The first kappa shape index (κ1) is 8.11. The van der Waals surface area contributed by atoms with E-state index in [0.717, 1.165) is 12.8 Å². The number of rotatable bonds is 2. The van der Waals surface area contributed by atoms with E-state index >= 15 is 0 Å². The van der Waals surface area contributed by atoms with Crippen molar-refractivity contribution in [1.82, 2.24) is 0 Å². The van der Waals surface area contributed by atoms with Gasteiger partial charge in [-0.3, -0.25) is 4.79 Å². The number of esters is 1. The van der Waals surface area contributed by atoms with E-state index in [-0.39, 0.29) is 12.3 Å². The average Bonchev–Trinajstić information content (AvgIpc) is 2.06. The van der Waals surface area contributed by atoms with Crippen LogP contribution in [0.5, 0.6) is 0 Å². The summed E-state index contributed by atoms with van der Waals surface area (Å²) in [6, 6.07) is 0. The Kier molecular flexibility index (Phi) is 2.95. The molecule has 11 heavy (non-hydrogen) atoms. The summed E-state index contributed by atoms with van der Waals surface area (Å²) in [6.45, 7) is 1.76. The summed E-state index contributed by atoms with van der Waals surface area (Å²) >= 11 is 0. The zero-order valence-corrected chi connectivity index (χ0v) is 6.58. The molecule has 3 nitrogen and oxygen atoms in total. The molecule has 1 rings (SSSR count). The molecule has 1 unspecified atom stereocenters. The molecular weight excluding hydrogens is 144 g/mol. The monoisotopic (exact) mass is 156 g/mol. The maximum absolute atomic E-state index is 10.8. The fourth-order valence-electron chi connectivity index (χ4n) is 0.828. The van der Waals surface area contributed by atoms with Crippen molar-refractivity contribution in [2.24, 2.45) is 0 Å². The first-order valence-electron chi connectivity index (χ1n) is 3.83. The quantitative estimate of drug-likeness (QED) is 0.569. The number of ether oxygens (including phenoxy) is 2. The molecule has 62 valence electrons. The molecule has 1 atom stereocenters. The van der Waals surface area contributed by atoms with E-state index < -0.39 is 0 Å². The van der Waals surface area contributed by atoms with Crippen LogP contribution in [0.15, 0.2) is 12.3 Å². The van der Waals surface area contributed by atoms with Crippen LogP contribution >= 0.6 is 0 Å². The highest BCUT2D eigenvalue weighted by Crippen LogP contribution is 2.11. The van der Waals surface area contributed by atoms with Crippen LogP contribution in [0.4, 0.5) is 0 Å². The molecule has 3 heteroatoms. The summed E-state index contributed by atoms with van der Waals surface area (Å²) in [6.07, 6.45) is 5.23. The van der Waals surface area contributed by atoms with Crippen molar-refractivity contribution in [3.63, 3.8) is 0 Å². The zero-order valence-electron chi connectivity index (χ0n) is 6.58. The molecule has 0 aliphatic carbocycles. The van der Waals surface area contributed by atoms with Crippen molar-refractivity contribution < 1.29 is 14.3 Å². The number of carbonyl (C=O) groups is 1. The normalized spacial score (nSPS) is 22.5. The van der Waals surface area contributed by atoms with E-state index in [0.29, 0.717) is 6.42 Å². The minimum absolute atomic E-state index is 0.203. The molecule has 0 spiro atoms. The fraction of sp³-hybridized carbons (Fsp3) is 0.625. The third-order valence-electron chi connectivity index (χ3n) is 1.45. The lowest BCUT2D eigenvalue weighted by Crippen LogP contribution is -2.20. The Labute approximate surface area is 66.0 Å². The van der Waals surface area contributed by atoms with Crippen LogP contribution < -0.4 is 0 Å². The molecule has 0 amide bonds. The molecule has 1 heterocycles. The van der Waals surface area contributed by atoms with E-state index in [1.165, 1.54) is 0 Å². The second-order valence-electron chi connectivity index (χ2n) is 2.36. The van der Waals surface area contributed by atoms with Gasteiger partial charge >= 0.3 is 5.97 Å². The first-order chi connectivity index (χ1) is 5.33. The third kappa shape index (κ3) is 2.62. The summed E-state index contributed by atoms with van der Waals surface area (Å²) in [5.41, 5.74) is 0. The maximum atomic E-state index is 10.8. The lowest BCUT2D eigenvalue weighted by molar-refractivity contribution is -0.170. The van der Waals surface area contributed by atoms with Crippen LogP contribution in [0.1, 0.15) is 26.2 Å². The van der Waals surface area contributed by atoms with Crippen molar-refractivity contribution in [3.05, 3.63) is 12.3 Å². The van der Waals surface area contributed by atoms with Gasteiger partial charge in [-0.05, 0) is 12.5 Å². The van der Waals surface area contributed by atoms with Gasteiger partial charge in [0.15, 0.2) is 0 Å². The van der Waals surface area contributed by atoms with Gasteiger partial charge in [0.1, 0.15) is 0 Å². The van der Waals surface area contributed by atoms with Gasteiger partial charge in [-0.2, -0.15) is 0 Å². The Hall–Kier alpha value is -0.990. The molecule has 0 radical (unpaired) electrons. The molecular formula is C8H12O3. The van der Waals surface area contributed by atoms with Crippen LogP contribution in [0.2, 0.25) is 0 Å². The second-order valence-corrected chi connectivity index (χ2v) is 2.36. The first-order valence-corrected chi connectivity index (χ1v) is 3.83. The molecule has 0 saturated heterocycles. The zero-order chi connectivity index (χ0) is 8.10. The lowest BCUT2D eigenvalue weighted by Gasteiger charge is -2.18. The van der Waals surface area contributed by atoms with Crippen LogP contribution in [-0.4, -0.2) is 12.3 Å². The highest BCUT2D eigenvalue weighted by molar-refractivity contribution is 5.68. The summed E-state index contributed by atoms with van der Waals surface area (Å²) in [5.74, 6) is -0.203. The van der Waals surface area contributed by atoms with Gasteiger partial charge in [0, 0.05) is 12.8 Å². The number of allylic oxidation sites excluding steroid dienone is 1. The Bertz CT molecular complexity index is 163. The topological polar surface area (TPSA) is 35.5 Å². The molecule has 0 aromatic carbocycles. The van der Waals surface area contributed by atoms with E-state index in [1.54, 1.807) is 13.2 Å². The molecule has 0 fully saturated rings. The maximum Gasteiger partial charge on any atom is 0.308 e. The smallest absolute Gasteiger partial charge is 0.308 e. The lowest BCUT2D eigenvalue weighted by atomic mass is 10.3. The Balaban J connectivity index is 2.26. The van der Waals surface area contributed by atoms with Crippen LogP contribution in [0.25, 0.3) is 0 Å². The van der Waals surface area contributed by atoms with Gasteiger partial charge in [-0.15, -0.1) is 0 Å². The van der Waals surface area contributed by atoms with Crippen LogP contribution in [-0.2, 0) is 14.3 Å². The molecule has 0 aromatic rings. The molecule has 1 aliphatic rings. The van der Waals surface area contributed by atoms with Gasteiger partial charge in [0.05, 0.1) is 6.26 Å². The summed E-state index contributed by atoms with van der Waals surface area (Å²) in [4.78, 5) is 10.8. The van der Waals surface area contributed by atoms with E-state index in [9.17, 15) is 4.79 Å². The number of hydrogen-bond acceptors (Lipinski definition) is 3. The third-order valence-corrected chi connectivity index (χ3v) is 1.45.